The lowest BCUT2D eigenvalue weighted by molar-refractivity contribution is 0.0524. The smallest absolute Gasteiger partial charge is 0.249 e. The molecule has 0 heterocycles. The second-order valence-electron chi connectivity index (χ2n) is 4.14. The Morgan fingerprint density at radius 1 is 0.714 bits per heavy atom. The second kappa shape index (κ2) is 6.05. The molecule has 15 heteroatoms. The first-order valence-corrected chi connectivity index (χ1v) is 12.3. The first-order chi connectivity index (χ1) is 8.87. The Balaban J connectivity index is 6.30. The SMILES string of the molecule is CC(OS(C)(=O)=O)N(N(S(C)(=O)=O)S(C)(=O)=O)S(C)(=O)=O. The summed E-state index contributed by atoms with van der Waals surface area (Å²) in [6.45, 7) is 0.867. The van der Waals surface area contributed by atoms with Gasteiger partial charge in [0.1, 0.15) is 0 Å². The molecule has 0 aromatic heterocycles. The molecule has 0 saturated heterocycles. The van der Waals surface area contributed by atoms with E-state index in [0.29, 0.717) is 25.0 Å². The molecule has 0 fully saturated rings. The molecule has 0 aliphatic carbocycles. The molecule has 0 aromatic carbocycles. The van der Waals surface area contributed by atoms with Gasteiger partial charge in [-0.2, -0.15) is 8.42 Å². The lowest BCUT2D eigenvalue weighted by Gasteiger charge is -2.32. The summed E-state index contributed by atoms with van der Waals surface area (Å²) < 4.78 is 95.4. The lowest BCUT2D eigenvalue weighted by Crippen LogP contribution is -2.56. The van der Waals surface area contributed by atoms with Crippen molar-refractivity contribution in [1.29, 1.82) is 0 Å². The van der Waals surface area contributed by atoms with Crippen LogP contribution < -0.4 is 0 Å². The van der Waals surface area contributed by atoms with Crippen molar-refractivity contribution in [1.82, 2.24) is 8.23 Å². The van der Waals surface area contributed by atoms with Gasteiger partial charge in [0.05, 0.1) is 25.0 Å². The Morgan fingerprint density at radius 2 is 1.05 bits per heavy atom. The molecule has 0 spiro atoms. The summed E-state index contributed by atoms with van der Waals surface area (Å²) in [6, 6.07) is 0. The summed E-state index contributed by atoms with van der Waals surface area (Å²) >= 11 is 0. The van der Waals surface area contributed by atoms with Crippen LogP contribution in [0.5, 0.6) is 0 Å². The minimum atomic E-state index is -4.59. The molecule has 1 atom stereocenters. The second-order valence-corrected chi connectivity index (χ2v) is 11.4. The molecule has 0 amide bonds. The zero-order valence-electron chi connectivity index (χ0n) is 11.8. The van der Waals surface area contributed by atoms with E-state index in [0.717, 1.165) is 6.92 Å². The Labute approximate surface area is 124 Å². The summed E-state index contributed by atoms with van der Waals surface area (Å²) in [6.07, 6.45) is 0.0476. The average molecular weight is 388 g/mol. The van der Waals surface area contributed by atoms with Crippen LogP contribution in [0, 0.1) is 0 Å². The molecule has 11 nitrogen and oxygen atoms in total. The number of nitrogens with zero attached hydrogens (tertiary/aromatic N) is 2. The maximum absolute atomic E-state index is 11.7. The van der Waals surface area contributed by atoms with Crippen LogP contribution in [-0.2, 0) is 44.4 Å². The van der Waals surface area contributed by atoms with Gasteiger partial charge in [-0.1, -0.05) is 4.41 Å². The molecule has 0 aliphatic heterocycles. The molecule has 0 rings (SSSR count). The van der Waals surface area contributed by atoms with E-state index in [4.69, 9.17) is 0 Å². The monoisotopic (exact) mass is 388 g/mol. The summed E-state index contributed by atoms with van der Waals surface area (Å²) in [5.41, 5.74) is 0. The Kier molecular flexibility index (Phi) is 5.96. The third-order valence-electron chi connectivity index (χ3n) is 1.69. The van der Waals surface area contributed by atoms with Crippen molar-refractivity contribution in [2.45, 2.75) is 13.2 Å². The number of sulfonamides is 3. The van der Waals surface area contributed by atoms with E-state index in [1.807, 2.05) is 0 Å². The highest BCUT2D eigenvalue weighted by Gasteiger charge is 2.43. The van der Waals surface area contributed by atoms with Gasteiger partial charge >= 0.3 is 0 Å². The van der Waals surface area contributed by atoms with Crippen LogP contribution in [0.15, 0.2) is 0 Å². The van der Waals surface area contributed by atoms with Crippen LogP contribution in [-0.4, -0.2) is 73.2 Å². The molecule has 0 N–H and O–H groups in total. The summed E-state index contributed by atoms with van der Waals surface area (Å²) in [5, 5.41) is 0. The minimum Gasteiger partial charge on any atom is -0.249 e. The van der Waals surface area contributed by atoms with Crippen molar-refractivity contribution < 1.29 is 37.9 Å². The van der Waals surface area contributed by atoms with E-state index in [-0.39, 0.29) is 4.41 Å². The van der Waals surface area contributed by atoms with Crippen molar-refractivity contribution in [3.05, 3.63) is 0 Å². The first-order valence-electron chi connectivity index (χ1n) is 4.95. The van der Waals surface area contributed by atoms with Gasteiger partial charge in [0, 0.05) is 0 Å². The van der Waals surface area contributed by atoms with Crippen LogP contribution in [0.3, 0.4) is 0 Å². The fraction of sp³-hybridized carbons (Fsp3) is 1.00. The van der Waals surface area contributed by atoms with Gasteiger partial charge in [0.2, 0.25) is 30.1 Å². The molecule has 1 unspecified atom stereocenters. The van der Waals surface area contributed by atoms with Crippen molar-refractivity contribution in [3.63, 3.8) is 0 Å². The lowest BCUT2D eigenvalue weighted by atomic mass is 10.7. The van der Waals surface area contributed by atoms with E-state index in [9.17, 15) is 33.7 Å². The zero-order chi connectivity index (χ0) is 17.4. The van der Waals surface area contributed by atoms with Crippen LogP contribution in [0.4, 0.5) is 0 Å². The van der Waals surface area contributed by atoms with Gasteiger partial charge in [-0.25, -0.2) is 29.4 Å². The summed E-state index contributed by atoms with van der Waals surface area (Å²) in [5.74, 6) is 0. The van der Waals surface area contributed by atoms with E-state index in [1.54, 1.807) is 0 Å². The Bertz CT molecular complexity index is 760. The average Bonchev–Trinajstić information content (AvgIpc) is 2.03. The quantitative estimate of drug-likeness (QED) is 0.266. The number of hydrogen-bond acceptors (Lipinski definition) is 9. The van der Waals surface area contributed by atoms with Gasteiger partial charge in [0.15, 0.2) is 6.23 Å². The van der Waals surface area contributed by atoms with Crippen LogP contribution >= 0.6 is 0 Å². The van der Waals surface area contributed by atoms with E-state index >= 15 is 0 Å². The molecule has 0 aromatic rings. The highest BCUT2D eigenvalue weighted by Crippen LogP contribution is 2.19. The Morgan fingerprint density at radius 3 is 1.24 bits per heavy atom. The van der Waals surface area contributed by atoms with Crippen molar-refractivity contribution >= 4 is 40.2 Å². The third-order valence-corrected chi connectivity index (χ3v) is 6.78. The van der Waals surface area contributed by atoms with E-state index in [1.165, 1.54) is 0 Å². The minimum absolute atomic E-state index is 0.182. The topological polar surface area (TPSA) is 152 Å². The number of rotatable bonds is 7. The van der Waals surface area contributed by atoms with Gasteiger partial charge in [-0.05, 0) is 10.7 Å². The van der Waals surface area contributed by atoms with Crippen LogP contribution in [0.1, 0.15) is 6.92 Å². The maximum atomic E-state index is 11.7. The fourth-order valence-corrected chi connectivity index (χ4v) is 7.09. The summed E-state index contributed by atoms with van der Waals surface area (Å²) in [4.78, 5) is 0. The molecule has 21 heavy (non-hydrogen) atoms. The third kappa shape index (κ3) is 6.54. The van der Waals surface area contributed by atoms with E-state index in [2.05, 4.69) is 4.18 Å². The van der Waals surface area contributed by atoms with E-state index < -0.39 is 50.2 Å². The highest BCUT2D eigenvalue weighted by atomic mass is 32.3. The standard InChI is InChI=1S/C6H16N2O9S4/c1-6(17-21(5,15)16)7(18(2,9)10)8(19(3,11)12)20(4,13)14/h6H,1-5H3. The van der Waals surface area contributed by atoms with Crippen molar-refractivity contribution in [2.24, 2.45) is 0 Å². The molecule has 0 bridgehead atoms. The van der Waals surface area contributed by atoms with Crippen LogP contribution in [0.25, 0.3) is 0 Å². The molecular formula is C6H16N2O9S4. The van der Waals surface area contributed by atoms with Gasteiger partial charge in [-0.3, -0.25) is 0 Å². The highest BCUT2D eigenvalue weighted by molar-refractivity contribution is 8.04. The largest absolute Gasteiger partial charge is 0.265 e. The normalized spacial score (nSPS) is 16.3. The van der Waals surface area contributed by atoms with Gasteiger partial charge in [0.25, 0.3) is 10.1 Å². The maximum Gasteiger partial charge on any atom is 0.265 e. The summed E-state index contributed by atoms with van der Waals surface area (Å²) in [7, 11) is -17.8. The molecular weight excluding hydrogens is 372 g/mol. The van der Waals surface area contributed by atoms with Crippen LogP contribution in [0.2, 0.25) is 0 Å². The van der Waals surface area contributed by atoms with Crippen molar-refractivity contribution in [3.8, 4) is 0 Å². The van der Waals surface area contributed by atoms with Gasteiger partial charge < -0.3 is 0 Å². The fourth-order valence-electron chi connectivity index (χ4n) is 1.35. The van der Waals surface area contributed by atoms with Crippen molar-refractivity contribution in [2.75, 3.05) is 25.0 Å². The molecule has 0 radical (unpaired) electrons. The molecule has 128 valence electrons. The predicted octanol–water partition coefficient (Wildman–Crippen LogP) is -2.29. The van der Waals surface area contributed by atoms with Gasteiger partial charge in [-0.15, -0.1) is 0 Å². The number of hydrazine groups is 1. The number of hydrogen-bond donors (Lipinski definition) is 0. The zero-order valence-corrected chi connectivity index (χ0v) is 15.0. The Hall–Kier alpha value is -0.320. The predicted molar refractivity (Wildman–Crippen MR) is 73.6 cm³/mol. The molecule has 0 aliphatic rings. The first kappa shape index (κ1) is 20.7. The molecule has 0 saturated carbocycles.